The smallest absolute Gasteiger partial charge is 0.317 e. The molecule has 1 saturated heterocycles. The van der Waals surface area contributed by atoms with E-state index >= 15 is 0 Å². The van der Waals surface area contributed by atoms with Crippen LogP contribution in [0.2, 0.25) is 0 Å². The monoisotopic (exact) mass is 268 g/mol. The van der Waals surface area contributed by atoms with Gasteiger partial charge in [0.2, 0.25) is 0 Å². The maximum Gasteiger partial charge on any atom is 0.317 e. The lowest BCUT2D eigenvalue weighted by Gasteiger charge is -2.43. The fraction of sp³-hybridized carbons (Fsp3) is 0.933. The highest BCUT2D eigenvalue weighted by atomic mass is 16.3. The van der Waals surface area contributed by atoms with Gasteiger partial charge in [-0.3, -0.25) is 0 Å². The first kappa shape index (κ1) is 14.6. The molecule has 0 aromatic carbocycles. The Morgan fingerprint density at radius 1 is 1.21 bits per heavy atom. The summed E-state index contributed by atoms with van der Waals surface area (Å²) in [6, 6.07) is 0.324. The average Bonchev–Trinajstić information content (AvgIpc) is 2.45. The van der Waals surface area contributed by atoms with E-state index in [1.807, 2.05) is 4.90 Å². The number of nitrogens with zero attached hydrogens (tertiary/aromatic N) is 1. The number of carbonyl (C=O) groups is 1. The van der Waals surface area contributed by atoms with E-state index in [1.54, 1.807) is 0 Å². The van der Waals surface area contributed by atoms with E-state index in [0.29, 0.717) is 5.92 Å². The van der Waals surface area contributed by atoms with Crippen LogP contribution >= 0.6 is 0 Å². The number of rotatable bonds is 3. The molecule has 4 nitrogen and oxygen atoms in total. The van der Waals surface area contributed by atoms with Crippen molar-refractivity contribution >= 4 is 6.03 Å². The topological polar surface area (TPSA) is 52.6 Å². The van der Waals surface area contributed by atoms with Crippen LogP contribution in [0.3, 0.4) is 0 Å². The molecule has 0 spiro atoms. The normalized spacial score (nSPS) is 32.1. The molecule has 1 aliphatic carbocycles. The second-order valence-corrected chi connectivity index (χ2v) is 6.00. The second kappa shape index (κ2) is 7.13. The predicted octanol–water partition coefficient (Wildman–Crippen LogP) is 2.51. The third-order valence-electron chi connectivity index (χ3n) is 4.61. The minimum Gasteiger partial charge on any atom is -0.393 e. The van der Waals surface area contributed by atoms with E-state index in [-0.39, 0.29) is 18.2 Å². The molecule has 1 saturated carbocycles. The molecule has 1 aliphatic heterocycles. The first-order valence-electron chi connectivity index (χ1n) is 7.96. The zero-order chi connectivity index (χ0) is 13.7. The molecule has 2 fully saturated rings. The van der Waals surface area contributed by atoms with Gasteiger partial charge in [0.1, 0.15) is 0 Å². The molecule has 2 N–H and O–H groups in total. The van der Waals surface area contributed by atoms with Crippen molar-refractivity contribution in [2.45, 2.75) is 70.4 Å². The van der Waals surface area contributed by atoms with Crippen LogP contribution in [0.15, 0.2) is 0 Å². The van der Waals surface area contributed by atoms with Crippen LogP contribution in [0.4, 0.5) is 4.79 Å². The fourth-order valence-corrected chi connectivity index (χ4v) is 3.58. The first-order valence-corrected chi connectivity index (χ1v) is 7.96. The van der Waals surface area contributed by atoms with Crippen molar-refractivity contribution in [3.05, 3.63) is 0 Å². The Hall–Kier alpha value is -0.770. The van der Waals surface area contributed by atoms with E-state index in [9.17, 15) is 9.90 Å². The number of amides is 2. The molecular formula is C15H28N2O2. The Balaban J connectivity index is 2.00. The van der Waals surface area contributed by atoms with Gasteiger partial charge in [0.05, 0.1) is 6.10 Å². The molecule has 0 bridgehead atoms. The van der Waals surface area contributed by atoms with Gasteiger partial charge in [0.25, 0.3) is 0 Å². The van der Waals surface area contributed by atoms with Crippen LogP contribution in [-0.2, 0) is 0 Å². The number of likely N-dealkylation sites (tertiary alicyclic amines) is 1. The second-order valence-electron chi connectivity index (χ2n) is 6.00. The summed E-state index contributed by atoms with van der Waals surface area (Å²) in [6.07, 6.45) is 8.41. The molecule has 0 aromatic rings. The highest BCUT2D eigenvalue weighted by Gasteiger charge is 2.37. The van der Waals surface area contributed by atoms with Gasteiger partial charge in [-0.25, -0.2) is 4.79 Å². The van der Waals surface area contributed by atoms with Gasteiger partial charge >= 0.3 is 6.03 Å². The molecule has 0 radical (unpaired) electrons. The van der Waals surface area contributed by atoms with Crippen molar-refractivity contribution in [1.29, 1.82) is 0 Å². The van der Waals surface area contributed by atoms with Gasteiger partial charge in [0.15, 0.2) is 0 Å². The minimum atomic E-state index is -0.210. The molecule has 1 heterocycles. The summed E-state index contributed by atoms with van der Waals surface area (Å²) in [5.74, 6) is 0.293. The maximum absolute atomic E-state index is 12.2. The van der Waals surface area contributed by atoms with E-state index in [0.717, 1.165) is 51.6 Å². The Bertz CT molecular complexity index is 296. The molecule has 3 atom stereocenters. The molecular weight excluding hydrogens is 240 g/mol. The minimum absolute atomic E-state index is 0.0734. The van der Waals surface area contributed by atoms with Crippen LogP contribution in [0, 0.1) is 5.92 Å². The zero-order valence-electron chi connectivity index (χ0n) is 12.1. The number of aliphatic hydroxyl groups excluding tert-OH is 1. The molecule has 0 aromatic heterocycles. The lowest BCUT2D eigenvalue weighted by atomic mass is 9.78. The van der Waals surface area contributed by atoms with Crippen LogP contribution < -0.4 is 5.32 Å². The molecule has 2 aliphatic rings. The number of urea groups is 1. The highest BCUT2D eigenvalue weighted by molar-refractivity contribution is 5.74. The first-order chi connectivity index (χ1) is 9.24. The highest BCUT2D eigenvalue weighted by Crippen LogP contribution is 2.34. The summed E-state index contributed by atoms with van der Waals surface area (Å²) >= 11 is 0. The van der Waals surface area contributed by atoms with Crippen LogP contribution in [-0.4, -0.2) is 41.3 Å². The van der Waals surface area contributed by atoms with Crippen molar-refractivity contribution in [3.63, 3.8) is 0 Å². The van der Waals surface area contributed by atoms with Crippen molar-refractivity contribution in [3.8, 4) is 0 Å². The standard InChI is InChI=1S/C15H28N2O2/c1-2-10-16-15(19)17-11-6-5-8-13(17)12-7-3-4-9-14(12)18/h12-14,18H,2-11H2,1H3,(H,16,19). The molecule has 4 heteroatoms. The molecule has 3 unspecified atom stereocenters. The van der Waals surface area contributed by atoms with E-state index < -0.39 is 0 Å². The van der Waals surface area contributed by atoms with Gasteiger partial charge in [-0.1, -0.05) is 19.8 Å². The van der Waals surface area contributed by atoms with Crippen LogP contribution in [0.25, 0.3) is 0 Å². The average molecular weight is 268 g/mol. The largest absolute Gasteiger partial charge is 0.393 e. The number of carbonyl (C=O) groups excluding carboxylic acids is 1. The lowest BCUT2D eigenvalue weighted by Crippen LogP contribution is -2.54. The Morgan fingerprint density at radius 2 is 1.95 bits per heavy atom. The van der Waals surface area contributed by atoms with E-state index in [2.05, 4.69) is 12.2 Å². The number of piperidine rings is 1. The summed E-state index contributed by atoms with van der Waals surface area (Å²) in [6.45, 7) is 3.66. The predicted molar refractivity (Wildman–Crippen MR) is 76.0 cm³/mol. The van der Waals surface area contributed by atoms with E-state index in [4.69, 9.17) is 0 Å². The summed E-state index contributed by atoms with van der Waals surface area (Å²) in [5, 5.41) is 13.2. The molecule has 2 amide bonds. The number of hydrogen-bond acceptors (Lipinski definition) is 2. The summed E-state index contributed by atoms with van der Waals surface area (Å²) in [5.41, 5.74) is 0. The molecule has 2 rings (SSSR count). The summed E-state index contributed by atoms with van der Waals surface area (Å²) in [4.78, 5) is 14.2. The van der Waals surface area contributed by atoms with Crippen molar-refractivity contribution in [2.75, 3.05) is 13.1 Å². The summed E-state index contributed by atoms with van der Waals surface area (Å²) in [7, 11) is 0. The van der Waals surface area contributed by atoms with Gasteiger partial charge in [0, 0.05) is 25.0 Å². The Labute approximate surface area is 116 Å². The van der Waals surface area contributed by atoms with Crippen LogP contribution in [0.1, 0.15) is 58.3 Å². The SMILES string of the molecule is CCCNC(=O)N1CCCCC1C1CCCCC1O. The quantitative estimate of drug-likeness (QED) is 0.826. The number of aliphatic hydroxyl groups is 1. The number of hydrogen-bond donors (Lipinski definition) is 2. The third-order valence-corrected chi connectivity index (χ3v) is 4.61. The molecule has 110 valence electrons. The number of nitrogens with one attached hydrogen (secondary N) is 1. The zero-order valence-corrected chi connectivity index (χ0v) is 12.1. The van der Waals surface area contributed by atoms with Gasteiger partial charge in [-0.15, -0.1) is 0 Å². The van der Waals surface area contributed by atoms with Crippen molar-refractivity contribution in [1.82, 2.24) is 10.2 Å². The van der Waals surface area contributed by atoms with E-state index in [1.165, 1.54) is 12.8 Å². The Morgan fingerprint density at radius 3 is 2.68 bits per heavy atom. The van der Waals surface area contributed by atoms with Gasteiger partial charge in [-0.2, -0.15) is 0 Å². The Kier molecular flexibility index (Phi) is 5.49. The lowest BCUT2D eigenvalue weighted by molar-refractivity contribution is 0.00843. The summed E-state index contributed by atoms with van der Waals surface area (Å²) < 4.78 is 0. The third kappa shape index (κ3) is 3.62. The van der Waals surface area contributed by atoms with Crippen LogP contribution in [0.5, 0.6) is 0 Å². The maximum atomic E-state index is 12.2. The molecule has 19 heavy (non-hydrogen) atoms. The van der Waals surface area contributed by atoms with Crippen molar-refractivity contribution in [2.24, 2.45) is 5.92 Å². The van der Waals surface area contributed by atoms with Gasteiger partial charge in [-0.05, 0) is 38.5 Å². The fourth-order valence-electron chi connectivity index (χ4n) is 3.58. The van der Waals surface area contributed by atoms with Crippen molar-refractivity contribution < 1.29 is 9.90 Å². The van der Waals surface area contributed by atoms with Gasteiger partial charge < -0.3 is 15.3 Å².